The van der Waals surface area contributed by atoms with E-state index in [-0.39, 0.29) is 11.9 Å². The second-order valence-electron chi connectivity index (χ2n) is 10.2. The molecule has 0 spiro atoms. The average Bonchev–Trinajstić information content (AvgIpc) is 3.49. The van der Waals surface area contributed by atoms with Crippen LogP contribution in [0.3, 0.4) is 0 Å². The monoisotopic (exact) mass is 529 g/mol. The summed E-state index contributed by atoms with van der Waals surface area (Å²) in [6.45, 7) is 3.79. The van der Waals surface area contributed by atoms with Crippen LogP contribution < -0.4 is 15.8 Å². The van der Waals surface area contributed by atoms with E-state index in [1.165, 1.54) is 0 Å². The number of carbonyl (C=O) groups excluding carboxylic acids is 1. The number of aliphatic imine (C=N–C) groups is 1. The van der Waals surface area contributed by atoms with E-state index < -0.39 is 0 Å². The van der Waals surface area contributed by atoms with Gasteiger partial charge in [0.1, 0.15) is 17.9 Å². The summed E-state index contributed by atoms with van der Waals surface area (Å²) >= 11 is 6.73. The molecule has 1 unspecified atom stereocenters. The Morgan fingerprint density at radius 1 is 1.21 bits per heavy atom. The summed E-state index contributed by atoms with van der Waals surface area (Å²) in [4.78, 5) is 24.6. The minimum absolute atomic E-state index is 0.0192. The fraction of sp³-hybridized carbons (Fsp3) is 0.321. The number of aromatic nitrogens is 3. The largest absolute Gasteiger partial charge is 0.489 e. The van der Waals surface area contributed by atoms with Gasteiger partial charge < -0.3 is 29.8 Å². The summed E-state index contributed by atoms with van der Waals surface area (Å²) < 4.78 is 10.5. The first-order valence-corrected chi connectivity index (χ1v) is 13.4. The smallest absolute Gasteiger partial charge is 0.254 e. The Bertz CT molecular complexity index is 1650. The van der Waals surface area contributed by atoms with Crippen LogP contribution in [0.2, 0.25) is 5.02 Å². The average molecular weight is 530 g/mol. The molecule has 0 aliphatic carbocycles. The summed E-state index contributed by atoms with van der Waals surface area (Å²) in [6.07, 6.45) is 5.46. The Hall–Kier alpha value is -3.82. The molecule has 3 aliphatic heterocycles. The highest BCUT2D eigenvalue weighted by Crippen LogP contribution is 2.38. The number of nitrogens with two attached hydrogens (primary N) is 1. The molecule has 7 rings (SSSR count). The van der Waals surface area contributed by atoms with Crippen LogP contribution in [-0.2, 0) is 13.1 Å². The van der Waals surface area contributed by atoms with Gasteiger partial charge in [0.25, 0.3) is 5.91 Å². The van der Waals surface area contributed by atoms with Crippen LogP contribution in [0.15, 0.2) is 53.2 Å². The number of imidazole rings is 1. The maximum absolute atomic E-state index is 13.4. The van der Waals surface area contributed by atoms with Crippen molar-refractivity contribution >= 4 is 45.8 Å². The van der Waals surface area contributed by atoms with E-state index >= 15 is 0 Å². The molecule has 10 heteroatoms. The molecule has 9 nitrogen and oxygen atoms in total. The number of carbonyl (C=O) groups is 1. The van der Waals surface area contributed by atoms with E-state index in [0.29, 0.717) is 49.1 Å². The molecule has 5 heterocycles. The Morgan fingerprint density at radius 3 is 2.97 bits per heavy atom. The lowest BCUT2D eigenvalue weighted by Gasteiger charge is -2.31. The van der Waals surface area contributed by atoms with Crippen LogP contribution in [0, 0.1) is 0 Å². The maximum Gasteiger partial charge on any atom is 0.254 e. The van der Waals surface area contributed by atoms with Gasteiger partial charge in [-0.15, -0.1) is 0 Å². The van der Waals surface area contributed by atoms with Crippen LogP contribution in [0.4, 0.5) is 0 Å². The van der Waals surface area contributed by atoms with Gasteiger partial charge in [-0.2, -0.15) is 0 Å². The first-order valence-electron chi connectivity index (χ1n) is 13.0. The number of likely N-dealkylation sites (tertiary alicyclic amines) is 1. The zero-order valence-electron chi connectivity index (χ0n) is 20.9. The van der Waals surface area contributed by atoms with E-state index in [1.54, 1.807) is 6.34 Å². The number of hydrogen-bond acceptors (Lipinski definition) is 6. The van der Waals surface area contributed by atoms with Crippen molar-refractivity contribution in [2.45, 2.75) is 32.0 Å². The van der Waals surface area contributed by atoms with Gasteiger partial charge in [-0.1, -0.05) is 23.7 Å². The number of rotatable bonds is 4. The molecular weight excluding hydrogens is 502 g/mol. The van der Waals surface area contributed by atoms with Gasteiger partial charge >= 0.3 is 0 Å². The van der Waals surface area contributed by atoms with Crippen LogP contribution in [0.25, 0.3) is 33.5 Å². The molecule has 0 radical (unpaired) electrons. The van der Waals surface area contributed by atoms with Crippen molar-refractivity contribution in [1.29, 1.82) is 0 Å². The Balaban J connectivity index is 1.38. The van der Waals surface area contributed by atoms with Gasteiger partial charge in [-0.05, 0) is 42.7 Å². The highest BCUT2D eigenvalue weighted by Gasteiger charge is 2.28. The van der Waals surface area contributed by atoms with Crippen molar-refractivity contribution in [3.8, 4) is 17.3 Å². The first-order chi connectivity index (χ1) is 18.6. The normalized spacial score (nSPS) is 18.9. The minimum atomic E-state index is -0.0261. The van der Waals surface area contributed by atoms with Gasteiger partial charge in [-0.3, -0.25) is 4.79 Å². The zero-order valence-corrected chi connectivity index (χ0v) is 21.6. The maximum atomic E-state index is 13.4. The van der Waals surface area contributed by atoms with Crippen molar-refractivity contribution < 1.29 is 9.53 Å². The van der Waals surface area contributed by atoms with Gasteiger partial charge in [0, 0.05) is 49.4 Å². The summed E-state index contributed by atoms with van der Waals surface area (Å²) in [6, 6.07) is 11.9. The molecule has 1 fully saturated rings. The van der Waals surface area contributed by atoms with Crippen molar-refractivity contribution in [3.05, 3.63) is 58.8 Å². The summed E-state index contributed by atoms with van der Waals surface area (Å²) in [5, 5.41) is 4.92. The Morgan fingerprint density at radius 2 is 2.13 bits per heavy atom. The van der Waals surface area contributed by atoms with E-state index in [4.69, 9.17) is 27.1 Å². The SMILES string of the molecule is NC1CCCN(C(=O)c2cc3c4c(c2)nc(-c2cc5cccc(Cl)c5n2CC2=CN=CNC2)n4CCO3)C1. The molecule has 0 saturated carbocycles. The molecule has 2 aromatic carbocycles. The number of amides is 1. The van der Waals surface area contributed by atoms with Crippen molar-refractivity contribution in [2.24, 2.45) is 10.7 Å². The van der Waals surface area contributed by atoms with Crippen molar-refractivity contribution in [1.82, 2.24) is 24.3 Å². The van der Waals surface area contributed by atoms with Gasteiger partial charge in [0.15, 0.2) is 5.82 Å². The molecule has 0 bridgehead atoms. The van der Waals surface area contributed by atoms with E-state index in [2.05, 4.69) is 31.6 Å². The van der Waals surface area contributed by atoms with Crippen LogP contribution >= 0.6 is 11.6 Å². The fourth-order valence-electron chi connectivity index (χ4n) is 5.85. The first kappa shape index (κ1) is 23.3. The van der Waals surface area contributed by atoms with E-state index in [0.717, 1.165) is 58.4 Å². The summed E-state index contributed by atoms with van der Waals surface area (Å²) in [5.41, 5.74) is 11.4. The summed E-state index contributed by atoms with van der Waals surface area (Å²) in [7, 11) is 0. The number of ether oxygens (including phenoxy) is 1. The van der Waals surface area contributed by atoms with Gasteiger partial charge in [0.05, 0.1) is 34.6 Å². The second kappa shape index (κ2) is 9.18. The highest BCUT2D eigenvalue weighted by atomic mass is 35.5. The van der Waals surface area contributed by atoms with Crippen LogP contribution in [0.5, 0.6) is 5.75 Å². The minimum Gasteiger partial charge on any atom is -0.489 e. The molecule has 2 aromatic heterocycles. The molecule has 3 N–H and O–H groups in total. The standard InChI is InChI=1S/C28H28ClN7O2/c29-21-5-1-3-18-10-23(36(25(18)21)14-17-12-31-16-32-13-17)27-33-22-9-19(11-24-26(22)35(27)7-8-38-24)28(37)34-6-2-4-20(30)15-34/h1,3,5,9-12,16,20H,2,4,6-8,13-15,30H2,(H,31,32). The number of benzene rings is 2. The topological polar surface area (TPSA) is 103 Å². The highest BCUT2D eigenvalue weighted by molar-refractivity contribution is 6.35. The third-order valence-corrected chi connectivity index (χ3v) is 7.89. The molecule has 1 atom stereocenters. The predicted molar refractivity (Wildman–Crippen MR) is 149 cm³/mol. The molecule has 1 amide bonds. The molecule has 1 saturated heterocycles. The number of halogens is 1. The molecule has 3 aliphatic rings. The number of nitrogens with one attached hydrogen (secondary N) is 1. The lowest BCUT2D eigenvalue weighted by molar-refractivity contribution is 0.0708. The number of fused-ring (bicyclic) bond motifs is 1. The predicted octanol–water partition coefficient (Wildman–Crippen LogP) is 3.78. The molecule has 38 heavy (non-hydrogen) atoms. The fourth-order valence-corrected chi connectivity index (χ4v) is 6.13. The van der Waals surface area contributed by atoms with Crippen LogP contribution in [0.1, 0.15) is 23.2 Å². The molecule has 4 aromatic rings. The third kappa shape index (κ3) is 3.85. The second-order valence-corrected chi connectivity index (χ2v) is 10.6. The Kier molecular flexibility index (Phi) is 5.63. The molecule has 194 valence electrons. The lowest BCUT2D eigenvalue weighted by atomic mass is 10.0. The van der Waals surface area contributed by atoms with Crippen molar-refractivity contribution in [2.75, 3.05) is 26.2 Å². The third-order valence-electron chi connectivity index (χ3n) is 7.58. The number of nitrogens with zero attached hydrogens (tertiary/aromatic N) is 5. The quantitative estimate of drug-likeness (QED) is 0.419. The van der Waals surface area contributed by atoms with Gasteiger partial charge in [-0.25, -0.2) is 9.98 Å². The summed E-state index contributed by atoms with van der Waals surface area (Å²) in [5.74, 6) is 1.49. The van der Waals surface area contributed by atoms with E-state index in [1.807, 2.05) is 35.4 Å². The number of hydrogen-bond donors (Lipinski definition) is 2. The van der Waals surface area contributed by atoms with Crippen LogP contribution in [-0.4, -0.2) is 63.5 Å². The Labute approximate surface area is 224 Å². The van der Waals surface area contributed by atoms with Crippen molar-refractivity contribution in [3.63, 3.8) is 0 Å². The lowest BCUT2D eigenvalue weighted by Crippen LogP contribution is -2.45. The zero-order chi connectivity index (χ0) is 25.8. The molecular formula is C28H28ClN7O2. The number of piperidine rings is 1. The number of para-hydroxylation sites is 1. The van der Waals surface area contributed by atoms with E-state index in [9.17, 15) is 4.79 Å². The van der Waals surface area contributed by atoms with Gasteiger partial charge in [0.2, 0.25) is 0 Å².